The molecule has 2 rings (SSSR count). The third-order valence-electron chi connectivity index (χ3n) is 3.57. The average molecular weight is 298 g/mol. The number of aliphatic hydroxyl groups is 1. The molecule has 0 spiro atoms. The minimum atomic E-state index is -1.44. The number of aliphatic hydroxyl groups excluding tert-OH is 1. The Kier molecular flexibility index (Phi) is 4.30. The van der Waals surface area contributed by atoms with Crippen LogP contribution < -0.4 is 5.32 Å². The summed E-state index contributed by atoms with van der Waals surface area (Å²) in [6.45, 7) is 0.141. The summed E-state index contributed by atoms with van der Waals surface area (Å²) >= 11 is 5.83. The number of carbonyl (C=O) groups excluding carboxylic acids is 1. The molecule has 1 atom stereocenters. The number of benzene rings is 1. The molecule has 108 valence electrons. The lowest BCUT2D eigenvalue weighted by molar-refractivity contribution is -0.147. The van der Waals surface area contributed by atoms with Crippen molar-refractivity contribution in [2.75, 3.05) is 6.54 Å². The summed E-state index contributed by atoms with van der Waals surface area (Å²) < 4.78 is 0. The normalized spacial score (nSPS) is 17.3. The molecule has 20 heavy (non-hydrogen) atoms. The lowest BCUT2D eigenvalue weighted by Crippen LogP contribution is -2.37. The molecule has 0 heterocycles. The van der Waals surface area contributed by atoms with Crippen LogP contribution in [0, 0.1) is 0 Å². The Hall–Kier alpha value is -1.59. The van der Waals surface area contributed by atoms with E-state index in [2.05, 4.69) is 5.32 Å². The Morgan fingerprint density at radius 3 is 2.40 bits per heavy atom. The second kappa shape index (κ2) is 5.81. The number of hydrogen-bond acceptors (Lipinski definition) is 3. The Balaban J connectivity index is 1.92. The largest absolute Gasteiger partial charge is 0.479 e. The van der Waals surface area contributed by atoms with Crippen molar-refractivity contribution < 1.29 is 19.8 Å². The molecule has 0 radical (unpaired) electrons. The summed E-state index contributed by atoms with van der Waals surface area (Å²) in [7, 11) is 0. The first kappa shape index (κ1) is 14.8. The molecule has 1 aromatic rings. The SMILES string of the molecule is O=C(O)[C@@H](O)CCNC(=O)C1(c2ccc(Cl)cc2)CC1. The van der Waals surface area contributed by atoms with Crippen molar-refractivity contribution in [1.29, 1.82) is 0 Å². The van der Waals surface area contributed by atoms with Gasteiger partial charge < -0.3 is 15.5 Å². The fourth-order valence-corrected chi connectivity index (χ4v) is 2.28. The first-order valence-electron chi connectivity index (χ1n) is 6.41. The fraction of sp³-hybridized carbons (Fsp3) is 0.429. The van der Waals surface area contributed by atoms with Crippen LogP contribution in [0.1, 0.15) is 24.8 Å². The number of carboxylic acid groups (broad SMARTS) is 1. The van der Waals surface area contributed by atoms with Gasteiger partial charge in [-0.15, -0.1) is 0 Å². The van der Waals surface area contributed by atoms with Gasteiger partial charge >= 0.3 is 5.97 Å². The monoisotopic (exact) mass is 297 g/mol. The maximum absolute atomic E-state index is 12.2. The van der Waals surface area contributed by atoms with E-state index in [0.717, 1.165) is 18.4 Å². The van der Waals surface area contributed by atoms with E-state index in [9.17, 15) is 9.59 Å². The fourth-order valence-electron chi connectivity index (χ4n) is 2.16. The highest BCUT2D eigenvalue weighted by molar-refractivity contribution is 6.30. The van der Waals surface area contributed by atoms with Gasteiger partial charge in [-0.1, -0.05) is 23.7 Å². The van der Waals surface area contributed by atoms with Crippen molar-refractivity contribution in [2.24, 2.45) is 0 Å². The number of rotatable bonds is 6. The molecule has 0 bridgehead atoms. The van der Waals surface area contributed by atoms with Gasteiger partial charge in [0.25, 0.3) is 0 Å². The van der Waals surface area contributed by atoms with Gasteiger partial charge in [-0.3, -0.25) is 4.79 Å². The van der Waals surface area contributed by atoms with Gasteiger partial charge in [-0.25, -0.2) is 4.79 Å². The third kappa shape index (κ3) is 3.11. The number of aliphatic carboxylic acids is 1. The maximum atomic E-state index is 12.2. The van der Waals surface area contributed by atoms with Gasteiger partial charge in [0, 0.05) is 18.0 Å². The molecule has 1 fully saturated rings. The highest BCUT2D eigenvalue weighted by Crippen LogP contribution is 2.48. The molecule has 1 aromatic carbocycles. The number of halogens is 1. The number of carbonyl (C=O) groups is 2. The zero-order chi connectivity index (χ0) is 14.8. The summed E-state index contributed by atoms with van der Waals surface area (Å²) in [5.74, 6) is -1.41. The predicted octanol–water partition coefficient (Wildman–Crippen LogP) is 1.32. The molecular weight excluding hydrogens is 282 g/mol. The van der Waals surface area contributed by atoms with E-state index in [1.54, 1.807) is 12.1 Å². The summed E-state index contributed by atoms with van der Waals surface area (Å²) in [5.41, 5.74) is 0.400. The summed E-state index contributed by atoms with van der Waals surface area (Å²) in [4.78, 5) is 22.7. The molecule has 1 aliphatic rings. The Morgan fingerprint density at radius 2 is 1.90 bits per heavy atom. The molecule has 1 amide bonds. The topological polar surface area (TPSA) is 86.6 Å². The number of hydrogen-bond donors (Lipinski definition) is 3. The van der Waals surface area contributed by atoms with Crippen LogP contribution in [-0.4, -0.2) is 34.7 Å². The van der Waals surface area contributed by atoms with Crippen LogP contribution in [0.15, 0.2) is 24.3 Å². The van der Waals surface area contributed by atoms with Gasteiger partial charge in [0.1, 0.15) is 0 Å². The zero-order valence-corrected chi connectivity index (χ0v) is 11.6. The Bertz CT molecular complexity index is 510. The van der Waals surface area contributed by atoms with Crippen molar-refractivity contribution in [1.82, 2.24) is 5.32 Å². The molecule has 3 N–H and O–H groups in total. The standard InChI is InChI=1S/C14H16ClNO4/c15-10-3-1-9(2-4-10)14(6-7-14)13(20)16-8-5-11(17)12(18)19/h1-4,11,17H,5-8H2,(H,16,20)(H,18,19)/t11-/m0/s1. The lowest BCUT2D eigenvalue weighted by Gasteiger charge is -2.16. The molecule has 0 aliphatic heterocycles. The summed E-state index contributed by atoms with van der Waals surface area (Å²) in [6, 6.07) is 7.17. The lowest BCUT2D eigenvalue weighted by atomic mass is 9.95. The number of amides is 1. The van der Waals surface area contributed by atoms with E-state index < -0.39 is 17.5 Å². The van der Waals surface area contributed by atoms with Gasteiger partial charge in [0.05, 0.1) is 5.41 Å². The van der Waals surface area contributed by atoms with Crippen LogP contribution in [-0.2, 0) is 15.0 Å². The number of nitrogens with one attached hydrogen (secondary N) is 1. The van der Waals surface area contributed by atoms with Gasteiger partial charge in [-0.05, 0) is 30.5 Å². The molecule has 1 aliphatic carbocycles. The van der Waals surface area contributed by atoms with Gasteiger partial charge in [-0.2, -0.15) is 0 Å². The van der Waals surface area contributed by atoms with E-state index in [1.165, 1.54) is 0 Å². The van der Waals surface area contributed by atoms with E-state index >= 15 is 0 Å². The molecule has 0 saturated heterocycles. The molecule has 5 nitrogen and oxygen atoms in total. The Morgan fingerprint density at radius 1 is 1.30 bits per heavy atom. The van der Waals surface area contributed by atoms with Crippen molar-refractivity contribution >= 4 is 23.5 Å². The van der Waals surface area contributed by atoms with E-state index in [-0.39, 0.29) is 18.9 Å². The van der Waals surface area contributed by atoms with Crippen molar-refractivity contribution in [2.45, 2.75) is 30.8 Å². The minimum absolute atomic E-state index is 0.00221. The van der Waals surface area contributed by atoms with Crippen LogP contribution in [0.4, 0.5) is 0 Å². The number of carboxylic acids is 1. The highest BCUT2D eigenvalue weighted by Gasteiger charge is 2.50. The van der Waals surface area contributed by atoms with Gasteiger partial charge in [0.2, 0.25) is 5.91 Å². The van der Waals surface area contributed by atoms with E-state index in [0.29, 0.717) is 5.02 Å². The third-order valence-corrected chi connectivity index (χ3v) is 3.82. The Labute approximate surface area is 121 Å². The highest BCUT2D eigenvalue weighted by atomic mass is 35.5. The predicted molar refractivity (Wildman–Crippen MR) is 73.6 cm³/mol. The zero-order valence-electron chi connectivity index (χ0n) is 10.8. The summed E-state index contributed by atoms with van der Waals surface area (Å²) in [5, 5.41) is 21.0. The van der Waals surface area contributed by atoms with Crippen molar-refractivity contribution in [3.05, 3.63) is 34.9 Å². The molecular formula is C14H16ClNO4. The van der Waals surface area contributed by atoms with E-state index in [1.807, 2.05) is 12.1 Å². The van der Waals surface area contributed by atoms with Crippen LogP contribution in [0.3, 0.4) is 0 Å². The molecule has 0 aromatic heterocycles. The smallest absolute Gasteiger partial charge is 0.332 e. The van der Waals surface area contributed by atoms with Crippen LogP contribution in [0.2, 0.25) is 5.02 Å². The first-order chi connectivity index (χ1) is 9.45. The summed E-state index contributed by atoms with van der Waals surface area (Å²) in [6.07, 6.45) is 0.0859. The van der Waals surface area contributed by atoms with Crippen molar-refractivity contribution in [3.8, 4) is 0 Å². The van der Waals surface area contributed by atoms with Crippen LogP contribution >= 0.6 is 11.6 Å². The van der Waals surface area contributed by atoms with E-state index in [4.69, 9.17) is 21.8 Å². The first-order valence-corrected chi connectivity index (χ1v) is 6.79. The average Bonchev–Trinajstić information content (AvgIpc) is 3.20. The quantitative estimate of drug-likeness (QED) is 0.739. The van der Waals surface area contributed by atoms with Crippen LogP contribution in [0.25, 0.3) is 0 Å². The molecule has 6 heteroatoms. The maximum Gasteiger partial charge on any atom is 0.332 e. The molecule has 0 unspecified atom stereocenters. The van der Waals surface area contributed by atoms with Gasteiger partial charge in [0.15, 0.2) is 6.10 Å². The van der Waals surface area contributed by atoms with Crippen LogP contribution in [0.5, 0.6) is 0 Å². The molecule has 1 saturated carbocycles. The second-order valence-corrected chi connectivity index (χ2v) is 5.42. The second-order valence-electron chi connectivity index (χ2n) is 4.99. The van der Waals surface area contributed by atoms with Crippen molar-refractivity contribution in [3.63, 3.8) is 0 Å². The minimum Gasteiger partial charge on any atom is -0.479 e.